The van der Waals surface area contributed by atoms with Gasteiger partial charge in [0.2, 0.25) is 0 Å². The molecule has 1 saturated heterocycles. The van der Waals surface area contributed by atoms with Gasteiger partial charge >= 0.3 is 0 Å². The predicted molar refractivity (Wildman–Crippen MR) is 117 cm³/mol. The second-order valence-electron chi connectivity index (χ2n) is 8.15. The van der Waals surface area contributed by atoms with E-state index in [4.69, 9.17) is 4.74 Å². The quantitative estimate of drug-likeness (QED) is 0.384. The van der Waals surface area contributed by atoms with Crippen LogP contribution in [0.4, 0.5) is 4.39 Å². The van der Waals surface area contributed by atoms with Crippen molar-refractivity contribution in [2.24, 2.45) is 0 Å². The maximum atomic E-state index is 14.8. The second-order valence-corrected chi connectivity index (χ2v) is 8.15. The number of carbonyl (C=O) groups is 1. The average molecular weight is 445 g/mol. The van der Waals surface area contributed by atoms with E-state index in [1.807, 2.05) is 16.8 Å². The molecule has 1 unspecified atom stereocenters. The van der Waals surface area contributed by atoms with Crippen LogP contribution in [0.2, 0.25) is 0 Å². The van der Waals surface area contributed by atoms with Crippen molar-refractivity contribution in [3.05, 3.63) is 66.1 Å². The molecule has 0 N–H and O–H groups in total. The van der Waals surface area contributed by atoms with Crippen molar-refractivity contribution in [3.8, 4) is 11.3 Å². The Morgan fingerprint density at radius 3 is 2.94 bits per heavy atom. The summed E-state index contributed by atoms with van der Waals surface area (Å²) in [5, 5.41) is 13.6. The van der Waals surface area contributed by atoms with Gasteiger partial charge in [-0.15, -0.1) is 5.10 Å². The van der Waals surface area contributed by atoms with Crippen LogP contribution in [-0.4, -0.2) is 47.1 Å². The molecule has 1 aliphatic rings. The van der Waals surface area contributed by atoms with Gasteiger partial charge in [0.05, 0.1) is 24.6 Å². The van der Waals surface area contributed by atoms with Gasteiger partial charge < -0.3 is 9.14 Å². The Kier molecular flexibility index (Phi) is 4.72. The monoisotopic (exact) mass is 445 g/mol. The van der Waals surface area contributed by atoms with Crippen LogP contribution in [-0.2, 0) is 11.3 Å². The number of carbonyl (C=O) groups excluding carboxylic acids is 1. The number of rotatable bonds is 5. The minimum atomic E-state index is -0.341. The number of benzene rings is 1. The van der Waals surface area contributed by atoms with Crippen molar-refractivity contribution in [1.82, 2.24) is 34.2 Å². The van der Waals surface area contributed by atoms with E-state index < -0.39 is 0 Å². The summed E-state index contributed by atoms with van der Waals surface area (Å²) < 4.78 is 25.7. The number of nitrogens with zero attached hydrogens (tertiary/aromatic N) is 7. The van der Waals surface area contributed by atoms with Gasteiger partial charge in [-0.2, -0.15) is 5.10 Å². The molecule has 9 nitrogen and oxygen atoms in total. The Morgan fingerprint density at radius 2 is 2.09 bits per heavy atom. The summed E-state index contributed by atoms with van der Waals surface area (Å²) in [5.41, 5.74) is 3.89. The second kappa shape index (κ2) is 7.89. The van der Waals surface area contributed by atoms with Crippen molar-refractivity contribution in [2.75, 3.05) is 6.61 Å². The molecule has 0 bridgehead atoms. The third kappa shape index (κ3) is 3.48. The Morgan fingerprint density at radius 1 is 1.15 bits per heavy atom. The molecule has 0 saturated carbocycles. The molecule has 0 amide bonds. The van der Waals surface area contributed by atoms with E-state index in [-0.39, 0.29) is 12.0 Å². The normalized spacial score (nSPS) is 16.6. The summed E-state index contributed by atoms with van der Waals surface area (Å²) in [6.07, 6.45) is 10.4. The van der Waals surface area contributed by atoms with Crippen molar-refractivity contribution >= 4 is 22.8 Å². The van der Waals surface area contributed by atoms with Crippen LogP contribution in [0.5, 0.6) is 0 Å². The highest BCUT2D eigenvalue weighted by Crippen LogP contribution is 2.33. The van der Waals surface area contributed by atoms with Gasteiger partial charge in [-0.3, -0.25) is 4.79 Å². The summed E-state index contributed by atoms with van der Waals surface area (Å²) in [6, 6.07) is 6.66. The summed E-state index contributed by atoms with van der Waals surface area (Å²) in [5.74, 6) is -0.341. The van der Waals surface area contributed by atoms with E-state index >= 15 is 0 Å². The predicted octanol–water partition coefficient (Wildman–Crippen LogP) is 3.64. The van der Waals surface area contributed by atoms with Crippen molar-refractivity contribution in [3.63, 3.8) is 0 Å². The van der Waals surface area contributed by atoms with Crippen LogP contribution in [0, 0.1) is 5.82 Å². The van der Waals surface area contributed by atoms with Crippen LogP contribution in [0.15, 0.2) is 49.1 Å². The highest BCUT2D eigenvalue weighted by atomic mass is 19.1. The number of hydrogen-bond acceptors (Lipinski definition) is 6. The zero-order valence-corrected chi connectivity index (χ0v) is 17.6. The molecule has 5 aromatic rings. The molecular formula is C23H20FN7O2. The van der Waals surface area contributed by atoms with Gasteiger partial charge in [0.25, 0.3) is 0 Å². The first-order valence-corrected chi connectivity index (χ1v) is 10.8. The van der Waals surface area contributed by atoms with Crippen molar-refractivity contribution in [2.45, 2.75) is 32.0 Å². The molecule has 5 heterocycles. The highest BCUT2D eigenvalue weighted by Gasteiger charge is 2.22. The molecule has 6 rings (SSSR count). The van der Waals surface area contributed by atoms with E-state index in [0.717, 1.165) is 42.5 Å². The highest BCUT2D eigenvalue weighted by molar-refractivity contribution is 5.94. The first-order valence-electron chi connectivity index (χ1n) is 10.8. The smallest absolute Gasteiger partial charge is 0.151 e. The largest absolute Gasteiger partial charge is 0.356 e. The topological polar surface area (TPSA) is 92.1 Å². The van der Waals surface area contributed by atoms with E-state index in [1.54, 1.807) is 40.0 Å². The van der Waals surface area contributed by atoms with Gasteiger partial charge in [-0.05, 0) is 43.5 Å². The molecule has 1 fully saturated rings. The first-order chi connectivity index (χ1) is 16.2. The van der Waals surface area contributed by atoms with Gasteiger partial charge in [0, 0.05) is 35.5 Å². The van der Waals surface area contributed by atoms with E-state index in [9.17, 15) is 9.18 Å². The number of halogens is 1. The third-order valence-corrected chi connectivity index (χ3v) is 5.94. The number of hydrogen-bond donors (Lipinski definition) is 0. The van der Waals surface area contributed by atoms with Crippen LogP contribution in [0.3, 0.4) is 0 Å². The van der Waals surface area contributed by atoms with E-state index in [0.29, 0.717) is 35.3 Å². The van der Waals surface area contributed by atoms with Gasteiger partial charge in [0.15, 0.2) is 12.5 Å². The molecule has 33 heavy (non-hydrogen) atoms. The van der Waals surface area contributed by atoms with Crippen LogP contribution in [0.1, 0.15) is 41.5 Å². The van der Waals surface area contributed by atoms with E-state index in [2.05, 4.69) is 20.4 Å². The number of imidazole rings is 1. The maximum absolute atomic E-state index is 14.8. The van der Waals surface area contributed by atoms with Crippen LogP contribution in [0.25, 0.3) is 27.8 Å². The lowest BCUT2D eigenvalue weighted by Gasteiger charge is -2.23. The van der Waals surface area contributed by atoms with Gasteiger partial charge in [-0.1, -0.05) is 5.21 Å². The standard InChI is InChI=1S/C23H20FN7O2/c24-19-6-5-17(18-9-25-31(23(18)19)22-3-1-2-8-33-22)20-13-30(28-27-20)12-16-11-29-10-15(14-32)4-7-21(29)26-16/h4-7,9-11,13-14,22H,1-3,8,12H2. The average Bonchev–Trinajstić information content (AvgIpc) is 3.58. The molecule has 1 atom stereocenters. The van der Waals surface area contributed by atoms with Gasteiger partial charge in [-0.25, -0.2) is 18.7 Å². The SMILES string of the molecule is O=Cc1ccc2nc(Cn3cc(-c4ccc(F)c5c4cnn5C4CCCCO4)nn3)cn2c1. The molecule has 0 radical (unpaired) electrons. The fraction of sp³-hybridized carbons (Fsp3) is 0.261. The Bertz CT molecular complexity index is 1480. The lowest BCUT2D eigenvalue weighted by molar-refractivity contribution is -0.0369. The van der Waals surface area contributed by atoms with Crippen molar-refractivity contribution < 1.29 is 13.9 Å². The summed E-state index contributed by atoms with van der Waals surface area (Å²) in [7, 11) is 0. The zero-order chi connectivity index (χ0) is 22.4. The number of ether oxygens (including phenoxy) is 1. The lowest BCUT2D eigenvalue weighted by Crippen LogP contribution is -2.19. The van der Waals surface area contributed by atoms with Crippen molar-refractivity contribution in [1.29, 1.82) is 0 Å². The number of aromatic nitrogens is 7. The summed E-state index contributed by atoms with van der Waals surface area (Å²) in [4.78, 5) is 15.6. The molecule has 0 spiro atoms. The zero-order valence-electron chi connectivity index (χ0n) is 17.6. The Hall–Kier alpha value is -3.92. The fourth-order valence-electron chi connectivity index (χ4n) is 4.35. The van der Waals surface area contributed by atoms with E-state index in [1.165, 1.54) is 6.07 Å². The molecule has 166 valence electrons. The molecule has 0 aliphatic carbocycles. The van der Waals surface area contributed by atoms with Crippen LogP contribution < -0.4 is 0 Å². The minimum Gasteiger partial charge on any atom is -0.356 e. The van der Waals surface area contributed by atoms with Gasteiger partial charge in [0.1, 0.15) is 22.7 Å². The third-order valence-electron chi connectivity index (χ3n) is 5.94. The molecular weight excluding hydrogens is 425 g/mol. The summed E-state index contributed by atoms with van der Waals surface area (Å²) >= 11 is 0. The first kappa shape index (κ1) is 19.7. The molecule has 1 aliphatic heterocycles. The minimum absolute atomic E-state index is 0.258. The van der Waals surface area contributed by atoms with Crippen LogP contribution >= 0.6 is 0 Å². The number of fused-ring (bicyclic) bond motifs is 2. The maximum Gasteiger partial charge on any atom is 0.151 e. The Balaban J connectivity index is 1.32. The number of pyridine rings is 1. The fourth-order valence-corrected chi connectivity index (χ4v) is 4.35. The number of aldehydes is 1. The lowest BCUT2D eigenvalue weighted by atomic mass is 10.1. The molecule has 1 aromatic carbocycles. The Labute approximate surface area is 187 Å². The molecule has 4 aromatic heterocycles. The molecule has 10 heteroatoms. The summed E-state index contributed by atoms with van der Waals surface area (Å²) in [6.45, 7) is 1.06.